The second-order valence-electron chi connectivity index (χ2n) is 5.79. The largest absolute Gasteiger partial charge is 0.497 e. The zero-order chi connectivity index (χ0) is 16.9. The molecule has 24 heavy (non-hydrogen) atoms. The Bertz CT molecular complexity index is 729. The van der Waals surface area contributed by atoms with Gasteiger partial charge < -0.3 is 19.1 Å². The smallest absolute Gasteiger partial charge is 0.231 e. The van der Waals surface area contributed by atoms with Crippen molar-refractivity contribution < 1.29 is 19.0 Å². The zero-order valence-electron chi connectivity index (χ0n) is 14.0. The summed E-state index contributed by atoms with van der Waals surface area (Å²) >= 11 is 0. The molecule has 0 fully saturated rings. The zero-order valence-corrected chi connectivity index (χ0v) is 14.0. The number of hydrogen-bond acceptors (Lipinski definition) is 4. The molecular formula is C19H21NO4. The molecule has 3 rings (SSSR count). The SMILES string of the molecule is COc1cccc(CCC(=O)N(C)Cc2ccc3c(c2)OCO3)c1. The molecule has 126 valence electrons. The molecule has 0 aromatic heterocycles. The second-order valence-corrected chi connectivity index (χ2v) is 5.79. The van der Waals surface area contributed by atoms with Crippen LogP contribution in [-0.4, -0.2) is 31.8 Å². The Hall–Kier alpha value is -2.69. The van der Waals surface area contributed by atoms with Crippen molar-refractivity contribution in [1.29, 1.82) is 0 Å². The number of nitrogens with zero attached hydrogens (tertiary/aromatic N) is 1. The number of benzene rings is 2. The number of aryl methyl sites for hydroxylation is 1. The maximum absolute atomic E-state index is 12.3. The molecule has 0 saturated heterocycles. The van der Waals surface area contributed by atoms with Gasteiger partial charge in [0.05, 0.1) is 7.11 Å². The van der Waals surface area contributed by atoms with E-state index in [1.54, 1.807) is 12.0 Å². The fraction of sp³-hybridized carbons (Fsp3) is 0.316. The molecule has 0 aliphatic carbocycles. The Morgan fingerprint density at radius 2 is 1.96 bits per heavy atom. The van der Waals surface area contributed by atoms with Crippen LogP contribution in [0.1, 0.15) is 17.5 Å². The average Bonchev–Trinajstić information content (AvgIpc) is 3.07. The number of methoxy groups -OCH3 is 1. The van der Waals surface area contributed by atoms with E-state index >= 15 is 0 Å². The van der Waals surface area contributed by atoms with Crippen molar-refractivity contribution in [3.8, 4) is 17.2 Å². The number of hydrogen-bond donors (Lipinski definition) is 0. The van der Waals surface area contributed by atoms with Crippen LogP contribution in [0.3, 0.4) is 0 Å². The number of amides is 1. The lowest BCUT2D eigenvalue weighted by atomic mass is 10.1. The van der Waals surface area contributed by atoms with Crippen molar-refractivity contribution in [2.24, 2.45) is 0 Å². The Labute approximate surface area is 141 Å². The van der Waals surface area contributed by atoms with E-state index in [4.69, 9.17) is 14.2 Å². The fourth-order valence-electron chi connectivity index (χ4n) is 2.67. The lowest BCUT2D eigenvalue weighted by molar-refractivity contribution is -0.130. The van der Waals surface area contributed by atoms with Gasteiger partial charge in [0, 0.05) is 20.0 Å². The van der Waals surface area contributed by atoms with Crippen LogP contribution in [0.15, 0.2) is 42.5 Å². The van der Waals surface area contributed by atoms with Crippen LogP contribution in [0.2, 0.25) is 0 Å². The summed E-state index contributed by atoms with van der Waals surface area (Å²) in [5, 5.41) is 0. The first-order chi connectivity index (χ1) is 11.7. The summed E-state index contributed by atoms with van der Waals surface area (Å²) in [4.78, 5) is 14.1. The number of fused-ring (bicyclic) bond motifs is 1. The van der Waals surface area contributed by atoms with E-state index in [-0.39, 0.29) is 12.7 Å². The summed E-state index contributed by atoms with van der Waals surface area (Å²) in [6.45, 7) is 0.807. The maximum atomic E-state index is 12.3. The van der Waals surface area contributed by atoms with E-state index in [9.17, 15) is 4.79 Å². The van der Waals surface area contributed by atoms with Crippen LogP contribution in [-0.2, 0) is 17.8 Å². The lowest BCUT2D eigenvalue weighted by Gasteiger charge is -2.17. The minimum absolute atomic E-state index is 0.107. The van der Waals surface area contributed by atoms with Crippen LogP contribution >= 0.6 is 0 Å². The van der Waals surface area contributed by atoms with Gasteiger partial charge >= 0.3 is 0 Å². The highest BCUT2D eigenvalue weighted by Crippen LogP contribution is 2.32. The molecule has 0 spiro atoms. The van der Waals surface area contributed by atoms with Gasteiger partial charge in [0.2, 0.25) is 12.7 Å². The third kappa shape index (κ3) is 3.79. The summed E-state index contributed by atoms with van der Waals surface area (Å²) < 4.78 is 15.9. The van der Waals surface area contributed by atoms with E-state index in [1.807, 2.05) is 49.5 Å². The summed E-state index contributed by atoms with van der Waals surface area (Å²) in [6.07, 6.45) is 1.16. The molecule has 0 radical (unpaired) electrons. The van der Waals surface area contributed by atoms with Crippen LogP contribution in [0.4, 0.5) is 0 Å². The Morgan fingerprint density at radius 3 is 2.79 bits per heavy atom. The molecule has 0 unspecified atom stereocenters. The molecule has 5 nitrogen and oxygen atoms in total. The van der Waals surface area contributed by atoms with Gasteiger partial charge in [-0.3, -0.25) is 4.79 Å². The highest BCUT2D eigenvalue weighted by Gasteiger charge is 2.15. The van der Waals surface area contributed by atoms with E-state index < -0.39 is 0 Å². The highest BCUT2D eigenvalue weighted by atomic mass is 16.7. The van der Waals surface area contributed by atoms with E-state index in [2.05, 4.69) is 0 Å². The van der Waals surface area contributed by atoms with E-state index in [0.29, 0.717) is 19.4 Å². The number of ether oxygens (including phenoxy) is 3. The standard InChI is InChI=1S/C19H21NO4/c1-20(12-15-6-8-17-18(11-15)24-13-23-17)19(21)9-7-14-4-3-5-16(10-14)22-2/h3-6,8,10-11H,7,9,12-13H2,1-2H3. The third-order valence-corrected chi connectivity index (χ3v) is 4.04. The first-order valence-electron chi connectivity index (χ1n) is 7.91. The molecule has 2 aromatic carbocycles. The highest BCUT2D eigenvalue weighted by molar-refractivity contribution is 5.76. The Morgan fingerprint density at radius 1 is 1.12 bits per heavy atom. The first kappa shape index (κ1) is 16.2. The molecule has 0 N–H and O–H groups in total. The van der Waals surface area contributed by atoms with Crippen molar-refractivity contribution in [2.45, 2.75) is 19.4 Å². The molecule has 1 aliphatic rings. The van der Waals surface area contributed by atoms with Crippen molar-refractivity contribution in [3.63, 3.8) is 0 Å². The molecule has 0 atom stereocenters. The predicted octanol–water partition coefficient (Wildman–Crippen LogP) is 3.02. The number of rotatable bonds is 6. The Kier molecular flexibility index (Phi) is 4.89. The quantitative estimate of drug-likeness (QED) is 0.818. The van der Waals surface area contributed by atoms with Gasteiger partial charge in [-0.1, -0.05) is 18.2 Å². The monoisotopic (exact) mass is 327 g/mol. The lowest BCUT2D eigenvalue weighted by Crippen LogP contribution is -2.26. The van der Waals surface area contributed by atoms with Gasteiger partial charge in [0.1, 0.15) is 5.75 Å². The number of carbonyl (C=O) groups excluding carboxylic acids is 1. The average molecular weight is 327 g/mol. The first-order valence-corrected chi connectivity index (χ1v) is 7.91. The van der Waals surface area contributed by atoms with Gasteiger partial charge in [0.15, 0.2) is 11.5 Å². The molecule has 1 aliphatic heterocycles. The molecule has 1 heterocycles. The molecule has 0 bridgehead atoms. The van der Waals surface area contributed by atoms with E-state index in [0.717, 1.165) is 28.4 Å². The summed E-state index contributed by atoms with van der Waals surface area (Å²) in [7, 11) is 3.46. The molecule has 1 amide bonds. The van der Waals surface area contributed by atoms with Crippen LogP contribution in [0.25, 0.3) is 0 Å². The number of carbonyl (C=O) groups is 1. The van der Waals surface area contributed by atoms with Crippen molar-refractivity contribution in [1.82, 2.24) is 4.90 Å². The van der Waals surface area contributed by atoms with Gasteiger partial charge in [0.25, 0.3) is 0 Å². The van der Waals surface area contributed by atoms with Gasteiger partial charge in [-0.25, -0.2) is 0 Å². The normalized spacial score (nSPS) is 12.1. The minimum Gasteiger partial charge on any atom is -0.497 e. The maximum Gasteiger partial charge on any atom is 0.231 e. The topological polar surface area (TPSA) is 48.0 Å². The van der Waals surface area contributed by atoms with Gasteiger partial charge in [-0.15, -0.1) is 0 Å². The fourth-order valence-corrected chi connectivity index (χ4v) is 2.67. The van der Waals surface area contributed by atoms with Gasteiger partial charge in [-0.05, 0) is 41.8 Å². The Balaban J connectivity index is 1.54. The minimum atomic E-state index is 0.107. The van der Waals surface area contributed by atoms with Crippen molar-refractivity contribution in [2.75, 3.05) is 21.0 Å². The molecule has 5 heteroatoms. The molecular weight excluding hydrogens is 306 g/mol. The van der Waals surface area contributed by atoms with Crippen molar-refractivity contribution in [3.05, 3.63) is 53.6 Å². The van der Waals surface area contributed by atoms with Crippen LogP contribution in [0, 0.1) is 0 Å². The predicted molar refractivity (Wildman–Crippen MR) is 90.4 cm³/mol. The second kappa shape index (κ2) is 7.25. The molecule has 0 saturated carbocycles. The molecule has 2 aromatic rings. The summed E-state index contributed by atoms with van der Waals surface area (Å²) in [5.41, 5.74) is 2.12. The van der Waals surface area contributed by atoms with Crippen LogP contribution in [0.5, 0.6) is 17.2 Å². The summed E-state index contributed by atoms with van der Waals surface area (Å²) in [6, 6.07) is 13.6. The summed E-state index contributed by atoms with van der Waals surface area (Å²) in [5.74, 6) is 2.42. The van der Waals surface area contributed by atoms with Gasteiger partial charge in [-0.2, -0.15) is 0 Å². The van der Waals surface area contributed by atoms with Crippen LogP contribution < -0.4 is 14.2 Å². The van der Waals surface area contributed by atoms with Crippen molar-refractivity contribution >= 4 is 5.91 Å². The third-order valence-electron chi connectivity index (χ3n) is 4.04. The van der Waals surface area contributed by atoms with E-state index in [1.165, 1.54) is 0 Å².